The van der Waals surface area contributed by atoms with Crippen molar-refractivity contribution in [3.63, 3.8) is 0 Å². The second-order valence-electron chi connectivity index (χ2n) is 5.84. The maximum atomic E-state index is 12.8. The molecule has 0 N–H and O–H groups in total. The summed E-state index contributed by atoms with van der Waals surface area (Å²) in [5.41, 5.74) is 2.58. The molecule has 26 heavy (non-hydrogen) atoms. The lowest BCUT2D eigenvalue weighted by atomic mass is 10.2. The molecule has 3 heterocycles. The van der Waals surface area contributed by atoms with Crippen LogP contribution in [-0.4, -0.2) is 9.38 Å². The standard InChI is InChI=1S/C20H11BrN2O2S/c21-13-7-5-12(6-8-13)17-10-9-14(25-17)11-18-19(24)23-16-4-2-1-3-15(16)22-20(23)26-18/h1-11H/b18-11+. The van der Waals surface area contributed by atoms with Crippen molar-refractivity contribution in [2.24, 2.45) is 0 Å². The Morgan fingerprint density at radius 2 is 1.85 bits per heavy atom. The van der Waals surface area contributed by atoms with Gasteiger partial charge in [0.25, 0.3) is 5.56 Å². The number of thiazole rings is 1. The Bertz CT molecular complexity index is 1360. The van der Waals surface area contributed by atoms with Crippen LogP contribution in [0.2, 0.25) is 0 Å². The fourth-order valence-electron chi connectivity index (χ4n) is 2.94. The molecule has 0 aliphatic heterocycles. The van der Waals surface area contributed by atoms with E-state index in [-0.39, 0.29) is 5.56 Å². The van der Waals surface area contributed by atoms with Gasteiger partial charge < -0.3 is 4.42 Å². The molecule has 0 saturated carbocycles. The minimum Gasteiger partial charge on any atom is -0.457 e. The van der Waals surface area contributed by atoms with Crippen molar-refractivity contribution in [3.8, 4) is 11.3 Å². The third-order valence-corrected chi connectivity index (χ3v) is 5.67. The maximum Gasteiger partial charge on any atom is 0.275 e. The van der Waals surface area contributed by atoms with E-state index in [0.717, 1.165) is 26.8 Å². The molecule has 5 aromatic rings. The summed E-state index contributed by atoms with van der Waals surface area (Å²) in [6.45, 7) is 0. The maximum absolute atomic E-state index is 12.8. The molecule has 0 aliphatic rings. The first kappa shape index (κ1) is 15.5. The fourth-order valence-corrected chi connectivity index (χ4v) is 4.17. The Kier molecular flexibility index (Phi) is 3.55. The summed E-state index contributed by atoms with van der Waals surface area (Å²) in [5.74, 6) is 1.41. The van der Waals surface area contributed by atoms with Gasteiger partial charge >= 0.3 is 0 Å². The summed E-state index contributed by atoms with van der Waals surface area (Å²) in [6.07, 6.45) is 1.78. The Morgan fingerprint density at radius 1 is 1.04 bits per heavy atom. The number of furan rings is 1. The normalized spacial score (nSPS) is 12.4. The zero-order valence-electron chi connectivity index (χ0n) is 13.3. The van der Waals surface area contributed by atoms with E-state index in [9.17, 15) is 4.79 Å². The Balaban J connectivity index is 1.62. The van der Waals surface area contributed by atoms with Crippen LogP contribution >= 0.6 is 27.3 Å². The molecule has 0 bridgehead atoms. The van der Waals surface area contributed by atoms with Crippen molar-refractivity contribution >= 4 is 49.3 Å². The van der Waals surface area contributed by atoms with Crippen LogP contribution in [0.3, 0.4) is 0 Å². The van der Waals surface area contributed by atoms with Crippen molar-refractivity contribution < 1.29 is 4.42 Å². The molecule has 0 unspecified atom stereocenters. The summed E-state index contributed by atoms with van der Waals surface area (Å²) in [4.78, 5) is 18.0. The number of imidazole rings is 1. The SMILES string of the molecule is O=c1/c(=C\c2ccc(-c3ccc(Br)cc3)o2)sc2nc3ccccc3n12. The Labute approximate surface area is 160 Å². The predicted octanol–water partition coefficient (Wildman–Crippen LogP) is 4.48. The number of fused-ring (bicyclic) bond motifs is 3. The smallest absolute Gasteiger partial charge is 0.275 e. The molecule has 0 fully saturated rings. The lowest BCUT2D eigenvalue weighted by molar-refractivity contribution is 0.571. The number of hydrogen-bond acceptors (Lipinski definition) is 4. The van der Waals surface area contributed by atoms with E-state index in [2.05, 4.69) is 20.9 Å². The van der Waals surface area contributed by atoms with Crippen molar-refractivity contribution in [1.29, 1.82) is 0 Å². The molecule has 2 aromatic carbocycles. The topological polar surface area (TPSA) is 47.5 Å². The highest BCUT2D eigenvalue weighted by Crippen LogP contribution is 2.24. The van der Waals surface area contributed by atoms with Crippen molar-refractivity contribution in [3.05, 3.63) is 85.8 Å². The van der Waals surface area contributed by atoms with Gasteiger partial charge in [-0.25, -0.2) is 9.38 Å². The Morgan fingerprint density at radius 3 is 2.69 bits per heavy atom. The Hall–Kier alpha value is -2.70. The molecule has 0 amide bonds. The molecule has 0 saturated heterocycles. The minimum absolute atomic E-state index is 0.0692. The summed E-state index contributed by atoms with van der Waals surface area (Å²) in [5, 5.41) is 0. The van der Waals surface area contributed by atoms with Gasteiger partial charge in [-0.1, -0.05) is 51.5 Å². The van der Waals surface area contributed by atoms with Crippen LogP contribution in [0.25, 0.3) is 33.4 Å². The third kappa shape index (κ3) is 2.50. The number of para-hydroxylation sites is 2. The number of halogens is 1. The van der Waals surface area contributed by atoms with Gasteiger partial charge in [-0.2, -0.15) is 0 Å². The highest BCUT2D eigenvalue weighted by Gasteiger charge is 2.11. The van der Waals surface area contributed by atoms with E-state index >= 15 is 0 Å². The number of hydrogen-bond donors (Lipinski definition) is 0. The van der Waals surface area contributed by atoms with Gasteiger partial charge in [-0.15, -0.1) is 0 Å². The molecule has 5 rings (SSSR count). The van der Waals surface area contributed by atoms with E-state index in [1.54, 1.807) is 10.5 Å². The van der Waals surface area contributed by atoms with Gasteiger partial charge in [0.2, 0.25) is 0 Å². The van der Waals surface area contributed by atoms with E-state index in [4.69, 9.17) is 4.42 Å². The summed E-state index contributed by atoms with van der Waals surface area (Å²) >= 11 is 4.80. The van der Waals surface area contributed by atoms with E-state index < -0.39 is 0 Å². The van der Waals surface area contributed by atoms with Crippen LogP contribution in [0.15, 0.2) is 74.3 Å². The van der Waals surface area contributed by atoms with Crippen molar-refractivity contribution in [1.82, 2.24) is 9.38 Å². The summed E-state index contributed by atoms with van der Waals surface area (Å²) in [7, 11) is 0. The number of rotatable bonds is 2. The highest BCUT2D eigenvalue weighted by molar-refractivity contribution is 9.10. The van der Waals surface area contributed by atoms with Crippen molar-refractivity contribution in [2.75, 3.05) is 0 Å². The molecule has 3 aromatic heterocycles. The zero-order valence-corrected chi connectivity index (χ0v) is 15.8. The molecule has 6 heteroatoms. The quantitative estimate of drug-likeness (QED) is 0.421. The monoisotopic (exact) mass is 422 g/mol. The van der Waals surface area contributed by atoms with Crippen LogP contribution < -0.4 is 10.1 Å². The molecular weight excluding hydrogens is 412 g/mol. The van der Waals surface area contributed by atoms with E-state index in [0.29, 0.717) is 15.3 Å². The van der Waals surface area contributed by atoms with Gasteiger partial charge in [0, 0.05) is 16.1 Å². The van der Waals surface area contributed by atoms with Gasteiger partial charge in [0.15, 0.2) is 4.96 Å². The van der Waals surface area contributed by atoms with E-state index in [1.165, 1.54) is 11.3 Å². The first-order valence-electron chi connectivity index (χ1n) is 7.96. The molecule has 0 atom stereocenters. The van der Waals surface area contributed by atoms with Gasteiger partial charge in [-0.05, 0) is 36.4 Å². The van der Waals surface area contributed by atoms with Crippen molar-refractivity contribution in [2.45, 2.75) is 0 Å². The molecule has 0 aliphatic carbocycles. The van der Waals surface area contributed by atoms with Gasteiger partial charge in [-0.3, -0.25) is 4.79 Å². The lowest BCUT2D eigenvalue weighted by Crippen LogP contribution is -2.22. The van der Waals surface area contributed by atoms with Gasteiger partial charge in [0.05, 0.1) is 11.0 Å². The first-order chi connectivity index (χ1) is 12.7. The average molecular weight is 423 g/mol. The van der Waals surface area contributed by atoms with Crippen LogP contribution in [0, 0.1) is 0 Å². The first-order valence-corrected chi connectivity index (χ1v) is 9.57. The number of benzene rings is 2. The number of aromatic nitrogens is 2. The third-order valence-electron chi connectivity index (χ3n) is 4.17. The largest absolute Gasteiger partial charge is 0.457 e. The van der Waals surface area contributed by atoms with Gasteiger partial charge in [0.1, 0.15) is 16.1 Å². The second-order valence-corrected chi connectivity index (χ2v) is 7.77. The van der Waals surface area contributed by atoms with Crippen LogP contribution in [0.1, 0.15) is 5.76 Å². The molecular formula is C20H11BrN2O2S. The summed E-state index contributed by atoms with van der Waals surface area (Å²) in [6, 6.07) is 19.3. The molecule has 126 valence electrons. The van der Waals surface area contributed by atoms with Crippen LogP contribution in [0.5, 0.6) is 0 Å². The zero-order chi connectivity index (χ0) is 17.7. The predicted molar refractivity (Wildman–Crippen MR) is 107 cm³/mol. The molecule has 4 nitrogen and oxygen atoms in total. The minimum atomic E-state index is -0.0692. The number of nitrogens with zero attached hydrogens (tertiary/aromatic N) is 2. The second kappa shape index (κ2) is 5.93. The molecule has 0 radical (unpaired) electrons. The fraction of sp³-hybridized carbons (Fsp3) is 0. The van der Waals surface area contributed by atoms with Crippen LogP contribution in [-0.2, 0) is 0 Å². The van der Waals surface area contributed by atoms with E-state index in [1.807, 2.05) is 60.7 Å². The van der Waals surface area contributed by atoms with Crippen LogP contribution in [0.4, 0.5) is 0 Å². The highest BCUT2D eigenvalue weighted by atomic mass is 79.9. The lowest BCUT2D eigenvalue weighted by Gasteiger charge is -1.96. The summed E-state index contributed by atoms with van der Waals surface area (Å²) < 4.78 is 9.18. The molecule has 0 spiro atoms. The average Bonchev–Trinajstić information content (AvgIpc) is 3.32.